The van der Waals surface area contributed by atoms with E-state index in [4.69, 9.17) is 28.8 Å². The number of piperazine rings is 1. The molecular formula is C32H43ClF2N8O4S. The zero-order valence-corrected chi connectivity index (χ0v) is 28.3. The van der Waals surface area contributed by atoms with E-state index in [1.807, 2.05) is 0 Å². The van der Waals surface area contributed by atoms with E-state index in [1.165, 1.54) is 28.6 Å². The molecule has 3 atom stereocenters. The molecule has 2 amide bonds. The Morgan fingerprint density at radius 1 is 0.896 bits per heavy atom. The summed E-state index contributed by atoms with van der Waals surface area (Å²) in [5.74, 6) is -4.40. The second-order valence-electron chi connectivity index (χ2n) is 13.6. The predicted molar refractivity (Wildman–Crippen MR) is 178 cm³/mol. The van der Waals surface area contributed by atoms with Crippen molar-refractivity contribution >= 4 is 44.9 Å². The number of piperidine rings is 1. The monoisotopic (exact) mass is 708 g/mol. The first-order valence-corrected chi connectivity index (χ1v) is 18.3. The minimum atomic E-state index is -3.84. The number of hydrogen-bond acceptors (Lipinski definition) is 9. The van der Waals surface area contributed by atoms with Crippen LogP contribution in [0.25, 0.3) is 0 Å². The molecule has 0 radical (unpaired) electrons. The van der Waals surface area contributed by atoms with E-state index >= 15 is 8.78 Å². The van der Waals surface area contributed by atoms with Gasteiger partial charge in [0.1, 0.15) is 11.0 Å². The van der Waals surface area contributed by atoms with E-state index in [-0.39, 0.29) is 103 Å². The molecule has 48 heavy (non-hydrogen) atoms. The lowest BCUT2D eigenvalue weighted by Gasteiger charge is -2.39. The number of pyridine rings is 1. The molecule has 0 unspecified atom stereocenters. The molecule has 1 aliphatic carbocycles. The second kappa shape index (κ2) is 13.8. The van der Waals surface area contributed by atoms with Crippen molar-refractivity contribution in [2.75, 3.05) is 55.6 Å². The summed E-state index contributed by atoms with van der Waals surface area (Å²) in [5.41, 5.74) is 18.3. The molecule has 6 N–H and O–H groups in total. The van der Waals surface area contributed by atoms with Gasteiger partial charge in [0.2, 0.25) is 21.8 Å². The van der Waals surface area contributed by atoms with Gasteiger partial charge in [-0.05, 0) is 68.5 Å². The molecule has 2 aromatic rings. The summed E-state index contributed by atoms with van der Waals surface area (Å²) in [5, 5.41) is -0.0728. The molecule has 12 nitrogen and oxygen atoms in total. The fourth-order valence-electron chi connectivity index (χ4n) is 7.48. The third-order valence-electron chi connectivity index (χ3n) is 10.1. The molecule has 4 fully saturated rings. The maximum Gasteiger partial charge on any atom is 0.276 e. The molecule has 3 aliphatic heterocycles. The summed E-state index contributed by atoms with van der Waals surface area (Å²) >= 11 is 6.27. The van der Waals surface area contributed by atoms with Gasteiger partial charge in [0, 0.05) is 93.4 Å². The zero-order chi connectivity index (χ0) is 34.4. The molecule has 6 rings (SSSR count). The average Bonchev–Trinajstić information content (AvgIpc) is 3.41. The van der Waals surface area contributed by atoms with Crippen LogP contribution < -0.4 is 27.0 Å². The number of halogens is 3. The lowest BCUT2D eigenvalue weighted by molar-refractivity contribution is -0.140. The Balaban J connectivity index is 1.07. The number of likely N-dealkylation sites (tertiary alicyclic amines) is 1. The first-order chi connectivity index (χ1) is 22.7. The Morgan fingerprint density at radius 2 is 1.52 bits per heavy atom. The standard InChI is InChI=1S/C32H43ClF2N8O4S/c33-28-13-22(32(34,35)21-3-1-20(2-4-21)31(45)41-17-23(36)15-24(37)18-41)14-29(39-28)40-9-11-42(12-10-40)48(46,47)27-7-5-26(6-8-27)43-19-25(38)16-30(43)44/h5-8,13-14,20-21,23-25H,1-4,9-12,15-19,36-38H2/t20?,21?,23-,24+,25-/m1/s1. The number of carbonyl (C=O) groups excluding carboxylic acids is 2. The molecule has 3 saturated heterocycles. The summed E-state index contributed by atoms with van der Waals surface area (Å²) < 4.78 is 60.1. The van der Waals surface area contributed by atoms with Crippen LogP contribution >= 0.6 is 11.6 Å². The number of rotatable bonds is 7. The number of hydrogen-bond donors (Lipinski definition) is 3. The van der Waals surface area contributed by atoms with E-state index < -0.39 is 21.9 Å². The second-order valence-corrected chi connectivity index (χ2v) is 15.9. The summed E-state index contributed by atoms with van der Waals surface area (Å²) in [4.78, 5) is 34.7. The van der Waals surface area contributed by atoms with Gasteiger partial charge in [-0.25, -0.2) is 22.2 Å². The van der Waals surface area contributed by atoms with Gasteiger partial charge < -0.3 is 31.9 Å². The van der Waals surface area contributed by atoms with Crippen molar-refractivity contribution in [1.29, 1.82) is 0 Å². The minimum Gasteiger partial charge on any atom is -0.354 e. The quantitative estimate of drug-likeness (QED) is 0.364. The number of aromatic nitrogens is 1. The first-order valence-electron chi connectivity index (χ1n) is 16.5. The molecule has 4 heterocycles. The van der Waals surface area contributed by atoms with Crippen LogP contribution in [0.1, 0.15) is 44.1 Å². The zero-order valence-electron chi connectivity index (χ0n) is 26.7. The van der Waals surface area contributed by atoms with Gasteiger partial charge >= 0.3 is 0 Å². The van der Waals surface area contributed by atoms with Crippen molar-refractivity contribution < 1.29 is 26.8 Å². The van der Waals surface area contributed by atoms with Crippen LogP contribution in [0.4, 0.5) is 20.3 Å². The highest BCUT2D eigenvalue weighted by molar-refractivity contribution is 7.89. The lowest BCUT2D eigenvalue weighted by atomic mass is 9.76. The Bertz CT molecular complexity index is 1610. The van der Waals surface area contributed by atoms with Crippen LogP contribution in [0.15, 0.2) is 41.3 Å². The highest BCUT2D eigenvalue weighted by Gasteiger charge is 2.45. The van der Waals surface area contributed by atoms with Gasteiger partial charge in [-0.3, -0.25) is 9.59 Å². The number of benzene rings is 1. The molecule has 262 valence electrons. The predicted octanol–water partition coefficient (Wildman–Crippen LogP) is 2.10. The Hall–Kier alpha value is -2.95. The normalized spacial score (nSPS) is 27.8. The molecule has 4 aliphatic rings. The third kappa shape index (κ3) is 7.17. The van der Waals surface area contributed by atoms with Crippen LogP contribution in [-0.4, -0.2) is 98.4 Å². The Kier molecular flexibility index (Phi) is 10.00. The van der Waals surface area contributed by atoms with Gasteiger partial charge in [0.05, 0.1) is 4.90 Å². The van der Waals surface area contributed by atoms with Gasteiger partial charge in [-0.2, -0.15) is 4.31 Å². The van der Waals surface area contributed by atoms with Crippen LogP contribution in [-0.2, 0) is 25.5 Å². The maximum absolute atomic E-state index is 16.0. The number of anilines is 2. The Morgan fingerprint density at radius 3 is 2.10 bits per heavy atom. The van der Waals surface area contributed by atoms with E-state index in [9.17, 15) is 18.0 Å². The smallest absolute Gasteiger partial charge is 0.276 e. The minimum absolute atomic E-state index is 0.0569. The molecule has 1 saturated carbocycles. The van der Waals surface area contributed by atoms with Gasteiger partial charge in [0.15, 0.2) is 0 Å². The van der Waals surface area contributed by atoms with Crippen molar-refractivity contribution in [1.82, 2.24) is 14.2 Å². The lowest BCUT2D eigenvalue weighted by Crippen LogP contribution is -2.55. The molecule has 0 spiro atoms. The van der Waals surface area contributed by atoms with E-state index in [1.54, 1.807) is 26.8 Å². The van der Waals surface area contributed by atoms with Gasteiger partial charge in [0.25, 0.3) is 5.92 Å². The molecule has 1 aromatic heterocycles. The summed E-state index contributed by atoms with van der Waals surface area (Å²) in [6, 6.07) is 8.07. The van der Waals surface area contributed by atoms with E-state index in [0.717, 1.165) is 0 Å². The summed E-state index contributed by atoms with van der Waals surface area (Å²) in [7, 11) is -3.84. The number of carbonyl (C=O) groups is 2. The van der Waals surface area contributed by atoms with E-state index in [0.29, 0.717) is 44.6 Å². The third-order valence-corrected chi connectivity index (χ3v) is 12.2. The molecule has 1 aromatic carbocycles. The van der Waals surface area contributed by atoms with Crippen molar-refractivity contribution in [3.8, 4) is 0 Å². The summed E-state index contributed by atoms with van der Waals surface area (Å²) in [6.07, 6.45) is 1.99. The fraction of sp³-hybridized carbons (Fsp3) is 0.594. The fourth-order valence-corrected chi connectivity index (χ4v) is 9.11. The Labute approximate surface area is 284 Å². The van der Waals surface area contributed by atoms with Crippen LogP contribution in [0.3, 0.4) is 0 Å². The topological polar surface area (TPSA) is 172 Å². The molecule has 16 heteroatoms. The SMILES string of the molecule is N[C@@H]1C[C@H](N)CN(C(=O)C2CCC(C(F)(F)c3cc(Cl)nc(N4CCN(S(=O)(=O)c5ccc(N6C[C@H](N)CC6=O)cc5)CC4)c3)CC2)C1. The summed E-state index contributed by atoms with van der Waals surface area (Å²) in [6.45, 7) is 1.95. The van der Waals surface area contributed by atoms with Crippen molar-refractivity contribution in [3.05, 3.63) is 47.1 Å². The van der Waals surface area contributed by atoms with Crippen LogP contribution in [0.5, 0.6) is 0 Å². The van der Waals surface area contributed by atoms with Gasteiger partial charge in [-0.15, -0.1) is 0 Å². The number of sulfonamides is 1. The van der Waals surface area contributed by atoms with Crippen molar-refractivity contribution in [2.24, 2.45) is 29.0 Å². The number of alkyl halides is 2. The highest BCUT2D eigenvalue weighted by Crippen LogP contribution is 2.46. The van der Waals surface area contributed by atoms with Crippen molar-refractivity contribution in [3.63, 3.8) is 0 Å². The van der Waals surface area contributed by atoms with Crippen LogP contribution in [0, 0.1) is 11.8 Å². The van der Waals surface area contributed by atoms with Gasteiger partial charge in [-0.1, -0.05) is 11.6 Å². The number of nitrogens with two attached hydrogens (primary N) is 3. The van der Waals surface area contributed by atoms with Crippen LogP contribution in [0.2, 0.25) is 5.15 Å². The first kappa shape index (κ1) is 34.9. The van der Waals surface area contributed by atoms with Crippen molar-refractivity contribution in [2.45, 2.75) is 67.5 Å². The highest BCUT2D eigenvalue weighted by atomic mass is 35.5. The number of amides is 2. The molecule has 0 bridgehead atoms. The molecular weight excluding hydrogens is 666 g/mol. The largest absolute Gasteiger partial charge is 0.354 e. The maximum atomic E-state index is 16.0. The van der Waals surface area contributed by atoms with E-state index in [2.05, 4.69) is 4.98 Å². The number of nitrogens with zero attached hydrogens (tertiary/aromatic N) is 5. The average molecular weight is 709 g/mol.